The van der Waals surface area contributed by atoms with Crippen LogP contribution in [0, 0.1) is 0 Å². The highest BCUT2D eigenvalue weighted by Crippen LogP contribution is 2.19. The average Bonchev–Trinajstić information content (AvgIpc) is 2.78. The normalized spacial score (nSPS) is 24.6. The SMILES string of the molecule is CCOC(CC)C(N)CCCC1CCCO1. The molecule has 3 nitrogen and oxygen atoms in total. The maximum absolute atomic E-state index is 6.13. The van der Waals surface area contributed by atoms with Crippen LogP contribution in [-0.4, -0.2) is 31.5 Å². The maximum atomic E-state index is 6.13. The highest BCUT2D eigenvalue weighted by molar-refractivity contribution is 4.74. The molecule has 0 spiro atoms. The summed E-state index contributed by atoms with van der Waals surface area (Å²) in [6.45, 7) is 5.88. The zero-order valence-electron chi connectivity index (χ0n) is 10.8. The zero-order chi connectivity index (χ0) is 11.8. The van der Waals surface area contributed by atoms with Gasteiger partial charge >= 0.3 is 0 Å². The molecule has 3 atom stereocenters. The highest BCUT2D eigenvalue weighted by Gasteiger charge is 2.18. The summed E-state index contributed by atoms with van der Waals surface area (Å²) in [5.41, 5.74) is 6.13. The molecule has 2 N–H and O–H groups in total. The summed E-state index contributed by atoms with van der Waals surface area (Å²) < 4.78 is 11.2. The largest absolute Gasteiger partial charge is 0.378 e. The Morgan fingerprint density at radius 1 is 1.44 bits per heavy atom. The second-order valence-electron chi connectivity index (χ2n) is 4.63. The van der Waals surface area contributed by atoms with Crippen molar-refractivity contribution >= 4 is 0 Å². The van der Waals surface area contributed by atoms with E-state index < -0.39 is 0 Å². The van der Waals surface area contributed by atoms with Crippen molar-refractivity contribution in [3.8, 4) is 0 Å². The zero-order valence-corrected chi connectivity index (χ0v) is 10.8. The standard InChI is InChI=1S/C13H27NO2/c1-3-13(15-4-2)12(14)9-5-7-11-8-6-10-16-11/h11-13H,3-10,14H2,1-2H3. The van der Waals surface area contributed by atoms with Crippen molar-refractivity contribution < 1.29 is 9.47 Å². The highest BCUT2D eigenvalue weighted by atomic mass is 16.5. The lowest BCUT2D eigenvalue weighted by molar-refractivity contribution is 0.0373. The van der Waals surface area contributed by atoms with Crippen molar-refractivity contribution in [1.29, 1.82) is 0 Å². The van der Waals surface area contributed by atoms with Crippen LogP contribution in [-0.2, 0) is 9.47 Å². The molecule has 3 unspecified atom stereocenters. The first-order chi connectivity index (χ1) is 7.77. The van der Waals surface area contributed by atoms with Gasteiger partial charge in [0, 0.05) is 19.3 Å². The van der Waals surface area contributed by atoms with Gasteiger partial charge in [0.05, 0.1) is 12.2 Å². The third-order valence-electron chi connectivity index (χ3n) is 3.35. The molecule has 1 rings (SSSR count). The summed E-state index contributed by atoms with van der Waals surface area (Å²) in [5.74, 6) is 0. The Kier molecular flexibility index (Phi) is 7.01. The summed E-state index contributed by atoms with van der Waals surface area (Å²) in [6.07, 6.45) is 7.58. The Bertz CT molecular complexity index is 169. The van der Waals surface area contributed by atoms with E-state index in [9.17, 15) is 0 Å². The van der Waals surface area contributed by atoms with Gasteiger partial charge in [-0.15, -0.1) is 0 Å². The third-order valence-corrected chi connectivity index (χ3v) is 3.35. The fourth-order valence-electron chi connectivity index (χ4n) is 2.40. The van der Waals surface area contributed by atoms with E-state index in [0.29, 0.717) is 6.10 Å². The Morgan fingerprint density at radius 3 is 2.81 bits per heavy atom. The van der Waals surface area contributed by atoms with E-state index in [-0.39, 0.29) is 12.1 Å². The molecule has 0 aromatic carbocycles. The van der Waals surface area contributed by atoms with Gasteiger partial charge in [-0.3, -0.25) is 0 Å². The van der Waals surface area contributed by atoms with Gasteiger partial charge in [-0.1, -0.05) is 6.92 Å². The minimum absolute atomic E-state index is 0.186. The van der Waals surface area contributed by atoms with Crippen LogP contribution in [0.4, 0.5) is 0 Å². The van der Waals surface area contributed by atoms with Crippen molar-refractivity contribution in [2.24, 2.45) is 5.73 Å². The Labute approximate surface area is 99.7 Å². The number of hydrogen-bond acceptors (Lipinski definition) is 3. The topological polar surface area (TPSA) is 44.5 Å². The van der Waals surface area contributed by atoms with Crippen LogP contribution in [0.2, 0.25) is 0 Å². The second-order valence-corrected chi connectivity index (χ2v) is 4.63. The van der Waals surface area contributed by atoms with E-state index in [4.69, 9.17) is 15.2 Å². The van der Waals surface area contributed by atoms with Crippen molar-refractivity contribution in [2.75, 3.05) is 13.2 Å². The minimum Gasteiger partial charge on any atom is -0.378 e. The molecule has 0 radical (unpaired) electrons. The number of rotatable bonds is 8. The van der Waals surface area contributed by atoms with Crippen LogP contribution < -0.4 is 5.73 Å². The maximum Gasteiger partial charge on any atom is 0.0723 e. The smallest absolute Gasteiger partial charge is 0.0723 e. The molecule has 1 aliphatic rings. The van der Waals surface area contributed by atoms with Gasteiger partial charge in [-0.2, -0.15) is 0 Å². The summed E-state index contributed by atoms with van der Waals surface area (Å²) >= 11 is 0. The van der Waals surface area contributed by atoms with Crippen molar-refractivity contribution in [2.45, 2.75) is 70.6 Å². The van der Waals surface area contributed by atoms with Crippen LogP contribution in [0.3, 0.4) is 0 Å². The van der Waals surface area contributed by atoms with E-state index in [1.807, 2.05) is 6.92 Å². The van der Waals surface area contributed by atoms with E-state index in [0.717, 1.165) is 38.9 Å². The van der Waals surface area contributed by atoms with Crippen molar-refractivity contribution in [1.82, 2.24) is 0 Å². The summed E-state index contributed by atoms with van der Waals surface area (Å²) in [7, 11) is 0. The lowest BCUT2D eigenvalue weighted by atomic mass is 10.0. The van der Waals surface area contributed by atoms with Gasteiger partial charge in [0.25, 0.3) is 0 Å². The predicted octanol–water partition coefficient (Wildman–Crippen LogP) is 2.48. The molecule has 0 aromatic rings. The molecule has 16 heavy (non-hydrogen) atoms. The van der Waals surface area contributed by atoms with Gasteiger partial charge in [0.1, 0.15) is 0 Å². The first-order valence-corrected chi connectivity index (χ1v) is 6.76. The molecule has 0 saturated carbocycles. The Hall–Kier alpha value is -0.120. The number of hydrogen-bond donors (Lipinski definition) is 1. The van der Waals surface area contributed by atoms with E-state index in [2.05, 4.69) is 6.92 Å². The number of nitrogens with two attached hydrogens (primary N) is 1. The molecule has 1 saturated heterocycles. The van der Waals surface area contributed by atoms with E-state index >= 15 is 0 Å². The Balaban J connectivity index is 2.09. The monoisotopic (exact) mass is 229 g/mol. The quantitative estimate of drug-likeness (QED) is 0.695. The van der Waals surface area contributed by atoms with Crippen molar-refractivity contribution in [3.05, 3.63) is 0 Å². The van der Waals surface area contributed by atoms with Crippen molar-refractivity contribution in [3.63, 3.8) is 0 Å². The van der Waals surface area contributed by atoms with Gasteiger partial charge in [-0.25, -0.2) is 0 Å². The minimum atomic E-state index is 0.186. The molecular weight excluding hydrogens is 202 g/mol. The molecule has 0 aromatic heterocycles. The molecule has 1 fully saturated rings. The van der Waals surface area contributed by atoms with Gasteiger partial charge < -0.3 is 15.2 Å². The molecule has 0 bridgehead atoms. The second kappa shape index (κ2) is 8.04. The van der Waals surface area contributed by atoms with Crippen LogP contribution in [0.15, 0.2) is 0 Å². The van der Waals surface area contributed by atoms with E-state index in [1.165, 1.54) is 12.8 Å². The number of ether oxygens (including phenoxy) is 2. The lowest BCUT2D eigenvalue weighted by Crippen LogP contribution is -2.36. The molecule has 3 heteroatoms. The molecule has 1 heterocycles. The van der Waals surface area contributed by atoms with Crippen LogP contribution >= 0.6 is 0 Å². The van der Waals surface area contributed by atoms with Crippen LogP contribution in [0.5, 0.6) is 0 Å². The molecule has 0 amide bonds. The molecular formula is C13H27NO2. The lowest BCUT2D eigenvalue weighted by Gasteiger charge is -2.22. The van der Waals surface area contributed by atoms with Gasteiger partial charge in [0.2, 0.25) is 0 Å². The molecule has 0 aliphatic carbocycles. The average molecular weight is 229 g/mol. The summed E-state index contributed by atoms with van der Waals surface area (Å²) in [5, 5.41) is 0. The third kappa shape index (κ3) is 4.81. The fraction of sp³-hybridized carbons (Fsp3) is 1.00. The molecule has 96 valence electrons. The van der Waals surface area contributed by atoms with E-state index in [1.54, 1.807) is 0 Å². The van der Waals surface area contributed by atoms with Crippen LogP contribution in [0.25, 0.3) is 0 Å². The first-order valence-electron chi connectivity index (χ1n) is 6.76. The van der Waals surface area contributed by atoms with Gasteiger partial charge in [0.15, 0.2) is 0 Å². The first kappa shape index (κ1) is 13.9. The Morgan fingerprint density at radius 2 is 2.25 bits per heavy atom. The van der Waals surface area contributed by atoms with Crippen LogP contribution in [0.1, 0.15) is 52.4 Å². The summed E-state index contributed by atoms with van der Waals surface area (Å²) in [4.78, 5) is 0. The molecule has 1 aliphatic heterocycles. The van der Waals surface area contributed by atoms with Gasteiger partial charge in [-0.05, 0) is 45.4 Å². The predicted molar refractivity (Wildman–Crippen MR) is 66.5 cm³/mol. The fourth-order valence-corrected chi connectivity index (χ4v) is 2.40. The summed E-state index contributed by atoms with van der Waals surface area (Å²) in [6, 6.07) is 0.186.